The summed E-state index contributed by atoms with van der Waals surface area (Å²) in [5, 5.41) is 5.50. The smallest absolute Gasteiger partial charge is 0.272 e. The van der Waals surface area contributed by atoms with Crippen LogP contribution in [-0.4, -0.2) is 22.9 Å². The van der Waals surface area contributed by atoms with Gasteiger partial charge < -0.3 is 10.6 Å². The minimum Gasteiger partial charge on any atom is -0.372 e. The molecule has 1 unspecified atom stereocenters. The fourth-order valence-corrected chi connectivity index (χ4v) is 1.77. The van der Waals surface area contributed by atoms with Crippen LogP contribution in [0.1, 0.15) is 29.0 Å². The van der Waals surface area contributed by atoms with Crippen molar-refractivity contribution in [2.24, 2.45) is 0 Å². The summed E-state index contributed by atoms with van der Waals surface area (Å²) in [7, 11) is 1.69. The Balaban J connectivity index is 2.13. The van der Waals surface area contributed by atoms with E-state index in [1.54, 1.807) is 32.2 Å². The molecular formula is C14H15FN4O. The first-order valence-corrected chi connectivity index (χ1v) is 6.17. The molecule has 5 nitrogen and oxygen atoms in total. The highest BCUT2D eigenvalue weighted by molar-refractivity contribution is 5.92. The van der Waals surface area contributed by atoms with Crippen LogP contribution in [0.2, 0.25) is 0 Å². The van der Waals surface area contributed by atoms with Gasteiger partial charge in [0, 0.05) is 12.6 Å². The number of hydrogen-bond acceptors (Lipinski definition) is 4. The maximum absolute atomic E-state index is 13.6. The van der Waals surface area contributed by atoms with Gasteiger partial charge in [0.1, 0.15) is 17.3 Å². The van der Waals surface area contributed by atoms with Crippen LogP contribution in [-0.2, 0) is 0 Å². The summed E-state index contributed by atoms with van der Waals surface area (Å²) in [4.78, 5) is 20.0. The zero-order chi connectivity index (χ0) is 14.5. The van der Waals surface area contributed by atoms with Crippen molar-refractivity contribution in [1.82, 2.24) is 15.3 Å². The molecule has 0 aliphatic heterocycles. The molecular weight excluding hydrogens is 259 g/mol. The highest BCUT2D eigenvalue weighted by Gasteiger charge is 2.15. The third-order valence-electron chi connectivity index (χ3n) is 2.84. The van der Waals surface area contributed by atoms with Crippen molar-refractivity contribution in [2.75, 3.05) is 12.4 Å². The number of nitrogens with zero attached hydrogens (tertiary/aromatic N) is 2. The van der Waals surface area contributed by atoms with Crippen molar-refractivity contribution in [3.05, 3.63) is 53.7 Å². The van der Waals surface area contributed by atoms with Crippen LogP contribution in [0, 0.1) is 5.82 Å². The van der Waals surface area contributed by atoms with E-state index >= 15 is 0 Å². The van der Waals surface area contributed by atoms with E-state index in [9.17, 15) is 9.18 Å². The highest BCUT2D eigenvalue weighted by atomic mass is 19.1. The second kappa shape index (κ2) is 6.10. The lowest BCUT2D eigenvalue weighted by Crippen LogP contribution is -2.28. The van der Waals surface area contributed by atoms with Gasteiger partial charge in [0.15, 0.2) is 0 Å². The Bertz CT molecular complexity index is 618. The van der Waals surface area contributed by atoms with Gasteiger partial charge >= 0.3 is 0 Å². The first-order chi connectivity index (χ1) is 9.61. The van der Waals surface area contributed by atoms with Crippen LogP contribution < -0.4 is 10.6 Å². The van der Waals surface area contributed by atoms with Crippen LogP contribution in [0.15, 0.2) is 36.7 Å². The number of hydrogen-bond donors (Lipinski definition) is 2. The monoisotopic (exact) mass is 274 g/mol. The van der Waals surface area contributed by atoms with Gasteiger partial charge in [-0.1, -0.05) is 18.2 Å². The van der Waals surface area contributed by atoms with Gasteiger partial charge in [0.2, 0.25) is 0 Å². The summed E-state index contributed by atoms with van der Waals surface area (Å²) >= 11 is 0. The standard InChI is InChI=1S/C14H15FN4O/c1-9(10-5-3-4-6-11(10)15)18-14(20)12-7-17-8-13(16-2)19-12/h3-9H,1-2H3,(H,16,19)(H,18,20). The Hall–Kier alpha value is -2.50. The van der Waals surface area contributed by atoms with Crippen LogP contribution in [0.25, 0.3) is 0 Å². The lowest BCUT2D eigenvalue weighted by molar-refractivity contribution is 0.0934. The summed E-state index contributed by atoms with van der Waals surface area (Å²) in [6.07, 6.45) is 2.88. The van der Waals surface area contributed by atoms with Crippen molar-refractivity contribution in [3.63, 3.8) is 0 Å². The topological polar surface area (TPSA) is 66.9 Å². The number of carbonyl (C=O) groups excluding carboxylic acids is 1. The van der Waals surface area contributed by atoms with Crippen molar-refractivity contribution < 1.29 is 9.18 Å². The molecule has 0 bridgehead atoms. The zero-order valence-electron chi connectivity index (χ0n) is 11.2. The number of halogens is 1. The van der Waals surface area contributed by atoms with E-state index in [0.717, 1.165) is 0 Å². The van der Waals surface area contributed by atoms with E-state index in [4.69, 9.17) is 0 Å². The van der Waals surface area contributed by atoms with Gasteiger partial charge in [0.05, 0.1) is 18.4 Å². The maximum atomic E-state index is 13.6. The first-order valence-electron chi connectivity index (χ1n) is 6.17. The zero-order valence-corrected chi connectivity index (χ0v) is 11.2. The molecule has 0 radical (unpaired) electrons. The van der Waals surface area contributed by atoms with E-state index < -0.39 is 11.9 Å². The van der Waals surface area contributed by atoms with Crippen LogP contribution in [0.3, 0.4) is 0 Å². The first kappa shape index (κ1) is 13.9. The number of benzene rings is 1. The van der Waals surface area contributed by atoms with Crippen molar-refractivity contribution >= 4 is 11.7 Å². The Labute approximate surface area is 116 Å². The molecule has 0 fully saturated rings. The second-order valence-corrected chi connectivity index (χ2v) is 4.26. The van der Waals surface area contributed by atoms with Gasteiger partial charge in [-0.25, -0.2) is 9.37 Å². The minimum atomic E-state index is -0.455. The third-order valence-corrected chi connectivity index (χ3v) is 2.84. The van der Waals surface area contributed by atoms with E-state index in [1.807, 2.05) is 0 Å². The average molecular weight is 274 g/mol. The van der Waals surface area contributed by atoms with Gasteiger partial charge in [-0.2, -0.15) is 0 Å². The summed E-state index contributed by atoms with van der Waals surface area (Å²) in [6, 6.07) is 5.87. The van der Waals surface area contributed by atoms with Gasteiger partial charge in [0.25, 0.3) is 5.91 Å². The highest BCUT2D eigenvalue weighted by Crippen LogP contribution is 2.16. The molecule has 0 spiro atoms. The number of rotatable bonds is 4. The molecule has 1 aromatic carbocycles. The van der Waals surface area contributed by atoms with E-state index in [2.05, 4.69) is 20.6 Å². The summed E-state index contributed by atoms with van der Waals surface area (Å²) in [6.45, 7) is 1.71. The molecule has 1 aromatic heterocycles. The molecule has 2 N–H and O–H groups in total. The molecule has 1 heterocycles. The predicted molar refractivity (Wildman–Crippen MR) is 73.9 cm³/mol. The van der Waals surface area contributed by atoms with Crippen LogP contribution in [0.5, 0.6) is 0 Å². The number of nitrogens with one attached hydrogen (secondary N) is 2. The van der Waals surface area contributed by atoms with E-state index in [1.165, 1.54) is 18.5 Å². The molecule has 1 amide bonds. The maximum Gasteiger partial charge on any atom is 0.272 e. The number of aromatic nitrogens is 2. The Kier molecular flexibility index (Phi) is 4.24. The largest absolute Gasteiger partial charge is 0.372 e. The molecule has 0 aliphatic rings. The number of amides is 1. The van der Waals surface area contributed by atoms with E-state index in [0.29, 0.717) is 11.4 Å². The Morgan fingerprint density at radius 1 is 1.30 bits per heavy atom. The van der Waals surface area contributed by atoms with Gasteiger partial charge in [-0.3, -0.25) is 9.78 Å². The fraction of sp³-hybridized carbons (Fsp3) is 0.214. The molecule has 2 aromatic rings. The normalized spacial score (nSPS) is 11.8. The second-order valence-electron chi connectivity index (χ2n) is 4.26. The predicted octanol–water partition coefficient (Wildman–Crippen LogP) is 2.15. The molecule has 20 heavy (non-hydrogen) atoms. The minimum absolute atomic E-state index is 0.181. The molecule has 1 atom stereocenters. The Morgan fingerprint density at radius 3 is 2.75 bits per heavy atom. The Morgan fingerprint density at radius 2 is 2.05 bits per heavy atom. The molecule has 0 saturated carbocycles. The van der Waals surface area contributed by atoms with Gasteiger partial charge in [-0.05, 0) is 13.0 Å². The molecule has 0 aliphatic carbocycles. The van der Waals surface area contributed by atoms with Crippen LogP contribution >= 0.6 is 0 Å². The molecule has 0 saturated heterocycles. The number of anilines is 1. The molecule has 6 heteroatoms. The van der Waals surface area contributed by atoms with Crippen molar-refractivity contribution in [1.29, 1.82) is 0 Å². The third kappa shape index (κ3) is 3.09. The lowest BCUT2D eigenvalue weighted by atomic mass is 10.1. The van der Waals surface area contributed by atoms with Crippen molar-refractivity contribution in [2.45, 2.75) is 13.0 Å². The summed E-state index contributed by atoms with van der Waals surface area (Å²) in [5.74, 6) is -0.253. The van der Waals surface area contributed by atoms with Gasteiger partial charge in [-0.15, -0.1) is 0 Å². The molecule has 104 valence electrons. The van der Waals surface area contributed by atoms with Crippen molar-refractivity contribution in [3.8, 4) is 0 Å². The van der Waals surface area contributed by atoms with E-state index in [-0.39, 0.29) is 11.5 Å². The summed E-state index contributed by atoms with van der Waals surface area (Å²) in [5.41, 5.74) is 0.610. The fourth-order valence-electron chi connectivity index (χ4n) is 1.77. The SMILES string of the molecule is CNc1cncc(C(=O)NC(C)c2ccccc2F)n1. The number of carbonyl (C=O) groups is 1. The van der Waals surface area contributed by atoms with Crippen LogP contribution in [0.4, 0.5) is 10.2 Å². The lowest BCUT2D eigenvalue weighted by Gasteiger charge is -2.14. The summed E-state index contributed by atoms with van der Waals surface area (Å²) < 4.78 is 13.6. The molecule has 2 rings (SSSR count). The quantitative estimate of drug-likeness (QED) is 0.896. The average Bonchev–Trinajstić information content (AvgIpc) is 2.47.